The van der Waals surface area contributed by atoms with Gasteiger partial charge in [0, 0.05) is 13.5 Å². The first-order valence-electron chi connectivity index (χ1n) is 5.95. The SMILES string of the molecule is CC(=O)N1CCCC1C(=O)Nc1ccccc1O. The summed E-state index contributed by atoms with van der Waals surface area (Å²) in [6, 6.07) is 6.12. The summed E-state index contributed by atoms with van der Waals surface area (Å²) in [6.07, 6.45) is 1.50. The lowest BCUT2D eigenvalue weighted by molar-refractivity contribution is -0.134. The van der Waals surface area contributed by atoms with Crippen LogP contribution in [0.3, 0.4) is 0 Å². The van der Waals surface area contributed by atoms with Crippen LogP contribution in [0.25, 0.3) is 0 Å². The minimum atomic E-state index is -0.429. The van der Waals surface area contributed by atoms with Crippen molar-refractivity contribution in [3.8, 4) is 5.75 Å². The summed E-state index contributed by atoms with van der Waals surface area (Å²) in [4.78, 5) is 25.0. The highest BCUT2D eigenvalue weighted by Gasteiger charge is 2.32. The Morgan fingerprint density at radius 3 is 2.78 bits per heavy atom. The van der Waals surface area contributed by atoms with E-state index in [2.05, 4.69) is 5.32 Å². The molecule has 5 nitrogen and oxygen atoms in total. The molecule has 2 rings (SSSR count). The number of benzene rings is 1. The van der Waals surface area contributed by atoms with Crippen LogP contribution in [0.4, 0.5) is 5.69 Å². The Morgan fingerprint density at radius 2 is 2.11 bits per heavy atom. The van der Waals surface area contributed by atoms with Crippen LogP contribution in [0.5, 0.6) is 5.75 Å². The molecular weight excluding hydrogens is 232 g/mol. The summed E-state index contributed by atoms with van der Waals surface area (Å²) in [7, 11) is 0. The van der Waals surface area contributed by atoms with Gasteiger partial charge in [-0.05, 0) is 25.0 Å². The van der Waals surface area contributed by atoms with E-state index in [-0.39, 0.29) is 17.6 Å². The Kier molecular flexibility index (Phi) is 3.50. The predicted octanol–water partition coefficient (Wildman–Crippen LogP) is 1.34. The van der Waals surface area contributed by atoms with E-state index >= 15 is 0 Å². The standard InChI is InChI=1S/C13H16N2O3/c1-9(16)15-8-4-6-11(15)13(18)14-10-5-2-3-7-12(10)17/h2-3,5,7,11,17H,4,6,8H2,1H3,(H,14,18). The average Bonchev–Trinajstić information content (AvgIpc) is 2.81. The van der Waals surface area contributed by atoms with Crippen molar-refractivity contribution in [1.82, 2.24) is 4.90 Å². The Morgan fingerprint density at radius 1 is 1.39 bits per heavy atom. The maximum absolute atomic E-state index is 12.1. The first-order chi connectivity index (χ1) is 8.59. The maximum atomic E-state index is 12.1. The summed E-state index contributed by atoms with van der Waals surface area (Å²) >= 11 is 0. The van der Waals surface area contributed by atoms with E-state index in [1.165, 1.54) is 13.0 Å². The first-order valence-corrected chi connectivity index (χ1v) is 5.95. The fourth-order valence-electron chi connectivity index (χ4n) is 2.21. The minimum Gasteiger partial charge on any atom is -0.506 e. The molecule has 1 aromatic carbocycles. The van der Waals surface area contributed by atoms with E-state index in [4.69, 9.17) is 0 Å². The first kappa shape index (κ1) is 12.4. The van der Waals surface area contributed by atoms with Gasteiger partial charge < -0.3 is 15.3 Å². The van der Waals surface area contributed by atoms with E-state index in [1.807, 2.05) is 0 Å². The van der Waals surface area contributed by atoms with Crippen molar-refractivity contribution in [3.63, 3.8) is 0 Å². The lowest BCUT2D eigenvalue weighted by Crippen LogP contribution is -2.42. The van der Waals surface area contributed by atoms with Crippen molar-refractivity contribution in [2.45, 2.75) is 25.8 Å². The Hall–Kier alpha value is -2.04. The highest BCUT2D eigenvalue weighted by molar-refractivity contribution is 5.98. The van der Waals surface area contributed by atoms with Gasteiger partial charge >= 0.3 is 0 Å². The number of carbonyl (C=O) groups excluding carboxylic acids is 2. The number of hydrogen-bond donors (Lipinski definition) is 2. The number of hydrogen-bond acceptors (Lipinski definition) is 3. The van der Waals surface area contributed by atoms with Crippen LogP contribution in [-0.4, -0.2) is 34.4 Å². The monoisotopic (exact) mass is 248 g/mol. The lowest BCUT2D eigenvalue weighted by Gasteiger charge is -2.22. The molecule has 18 heavy (non-hydrogen) atoms. The number of likely N-dealkylation sites (tertiary alicyclic amines) is 1. The quantitative estimate of drug-likeness (QED) is 0.776. The molecule has 1 aromatic rings. The van der Waals surface area contributed by atoms with Crippen LogP contribution in [0.2, 0.25) is 0 Å². The molecule has 1 unspecified atom stereocenters. The molecule has 1 heterocycles. The molecule has 1 fully saturated rings. The Labute approximate surface area is 105 Å². The van der Waals surface area contributed by atoms with Crippen LogP contribution in [0, 0.1) is 0 Å². The summed E-state index contributed by atoms with van der Waals surface area (Å²) in [5.41, 5.74) is 0.373. The van der Waals surface area contributed by atoms with Gasteiger partial charge in [0.25, 0.3) is 0 Å². The molecule has 1 aliphatic rings. The molecule has 5 heteroatoms. The second-order valence-electron chi connectivity index (χ2n) is 4.38. The van der Waals surface area contributed by atoms with E-state index in [0.717, 1.165) is 6.42 Å². The number of nitrogens with zero attached hydrogens (tertiary/aromatic N) is 1. The summed E-state index contributed by atoms with van der Waals surface area (Å²) in [5.74, 6) is -0.313. The van der Waals surface area contributed by atoms with Gasteiger partial charge in [-0.25, -0.2) is 0 Å². The van der Waals surface area contributed by atoms with Crippen LogP contribution in [0.15, 0.2) is 24.3 Å². The van der Waals surface area contributed by atoms with Crippen molar-refractivity contribution in [2.24, 2.45) is 0 Å². The molecule has 1 atom stereocenters. The van der Waals surface area contributed by atoms with Crippen molar-refractivity contribution >= 4 is 17.5 Å². The van der Waals surface area contributed by atoms with Crippen molar-refractivity contribution in [1.29, 1.82) is 0 Å². The van der Waals surface area contributed by atoms with E-state index in [9.17, 15) is 14.7 Å². The summed E-state index contributed by atoms with van der Waals surface area (Å²) in [5, 5.41) is 12.2. The zero-order valence-electron chi connectivity index (χ0n) is 10.2. The molecule has 0 bridgehead atoms. The number of rotatable bonds is 2. The van der Waals surface area contributed by atoms with Gasteiger partial charge in [-0.1, -0.05) is 12.1 Å². The molecule has 1 aliphatic heterocycles. The molecule has 1 saturated heterocycles. The van der Waals surface area contributed by atoms with E-state index in [1.54, 1.807) is 23.1 Å². The molecule has 0 spiro atoms. The van der Waals surface area contributed by atoms with Gasteiger partial charge in [0.15, 0.2) is 0 Å². The average molecular weight is 248 g/mol. The second-order valence-corrected chi connectivity index (χ2v) is 4.38. The normalized spacial score (nSPS) is 18.7. The molecule has 2 amide bonds. The smallest absolute Gasteiger partial charge is 0.247 e. The largest absolute Gasteiger partial charge is 0.506 e. The van der Waals surface area contributed by atoms with Crippen LogP contribution in [0.1, 0.15) is 19.8 Å². The second kappa shape index (κ2) is 5.08. The zero-order chi connectivity index (χ0) is 13.1. The molecular formula is C13H16N2O3. The number of amides is 2. The third-order valence-electron chi connectivity index (χ3n) is 3.12. The van der Waals surface area contributed by atoms with Gasteiger partial charge in [-0.3, -0.25) is 9.59 Å². The van der Waals surface area contributed by atoms with Gasteiger partial charge in [0.1, 0.15) is 11.8 Å². The highest BCUT2D eigenvalue weighted by Crippen LogP contribution is 2.24. The fourth-order valence-corrected chi connectivity index (χ4v) is 2.21. The van der Waals surface area contributed by atoms with Crippen LogP contribution in [-0.2, 0) is 9.59 Å². The van der Waals surface area contributed by atoms with Gasteiger partial charge in [-0.15, -0.1) is 0 Å². The minimum absolute atomic E-state index is 0.0261. The fraction of sp³-hybridized carbons (Fsp3) is 0.385. The zero-order valence-corrected chi connectivity index (χ0v) is 10.2. The predicted molar refractivity (Wildman–Crippen MR) is 67.1 cm³/mol. The van der Waals surface area contributed by atoms with Crippen molar-refractivity contribution in [3.05, 3.63) is 24.3 Å². The molecule has 2 N–H and O–H groups in total. The Balaban J connectivity index is 2.08. The Bertz CT molecular complexity index is 473. The maximum Gasteiger partial charge on any atom is 0.247 e. The van der Waals surface area contributed by atoms with Gasteiger partial charge in [-0.2, -0.15) is 0 Å². The number of aromatic hydroxyl groups is 1. The highest BCUT2D eigenvalue weighted by atomic mass is 16.3. The van der Waals surface area contributed by atoms with Crippen molar-refractivity contribution in [2.75, 3.05) is 11.9 Å². The van der Waals surface area contributed by atoms with Crippen LogP contribution < -0.4 is 5.32 Å². The molecule has 0 aromatic heterocycles. The van der Waals surface area contributed by atoms with Gasteiger partial charge in [0.2, 0.25) is 11.8 Å². The number of nitrogens with one attached hydrogen (secondary N) is 1. The van der Waals surface area contributed by atoms with Gasteiger partial charge in [0.05, 0.1) is 5.69 Å². The molecule has 0 radical (unpaired) electrons. The summed E-state index contributed by atoms with van der Waals surface area (Å²) < 4.78 is 0. The number of phenolic OH excluding ortho intramolecular Hbond substituents is 1. The van der Waals surface area contributed by atoms with E-state index < -0.39 is 6.04 Å². The topological polar surface area (TPSA) is 69.6 Å². The number of carbonyl (C=O) groups is 2. The third-order valence-corrected chi connectivity index (χ3v) is 3.12. The number of para-hydroxylation sites is 2. The third kappa shape index (κ3) is 2.45. The van der Waals surface area contributed by atoms with E-state index in [0.29, 0.717) is 18.7 Å². The lowest BCUT2D eigenvalue weighted by atomic mass is 10.2. The number of phenols is 1. The molecule has 0 saturated carbocycles. The molecule has 96 valence electrons. The van der Waals surface area contributed by atoms with Crippen LogP contribution >= 0.6 is 0 Å². The number of anilines is 1. The van der Waals surface area contributed by atoms with Crippen molar-refractivity contribution < 1.29 is 14.7 Å². The molecule has 0 aliphatic carbocycles. The summed E-state index contributed by atoms with van der Waals surface area (Å²) in [6.45, 7) is 2.08.